The largest absolute Gasteiger partial charge is 0.481 e. The minimum absolute atomic E-state index is 0.168. The van der Waals surface area contributed by atoms with Crippen LogP contribution in [0.5, 0.6) is 0 Å². The highest BCUT2D eigenvalue weighted by molar-refractivity contribution is 5.97. The van der Waals surface area contributed by atoms with E-state index in [1.165, 1.54) is 11.3 Å². The lowest BCUT2D eigenvalue weighted by Gasteiger charge is -2.38. The molecule has 2 aromatic carbocycles. The Bertz CT molecular complexity index is 937. The first-order valence-electron chi connectivity index (χ1n) is 11.2. The molecule has 1 heterocycles. The van der Waals surface area contributed by atoms with Crippen molar-refractivity contribution in [2.24, 2.45) is 11.8 Å². The molecule has 1 aliphatic heterocycles. The number of amides is 1. The number of aliphatic carboxylic acids is 1. The van der Waals surface area contributed by atoms with E-state index >= 15 is 0 Å². The van der Waals surface area contributed by atoms with Crippen molar-refractivity contribution in [3.63, 3.8) is 0 Å². The number of hydrogen-bond acceptors (Lipinski definition) is 4. The Morgan fingerprint density at radius 1 is 0.839 bits per heavy atom. The molecule has 2 atom stereocenters. The van der Waals surface area contributed by atoms with Gasteiger partial charge in [-0.25, -0.2) is 0 Å². The van der Waals surface area contributed by atoms with E-state index in [1.54, 1.807) is 0 Å². The lowest BCUT2D eigenvalue weighted by atomic mass is 9.78. The van der Waals surface area contributed by atoms with Crippen LogP contribution in [0.4, 0.5) is 17.1 Å². The molecule has 164 valence electrons. The van der Waals surface area contributed by atoms with E-state index in [0.717, 1.165) is 50.4 Å². The highest BCUT2D eigenvalue weighted by Crippen LogP contribution is 2.33. The number of carboxylic acids is 1. The SMILES string of the molecule is Cc1ccccc1N1CCN(c2ccccc2NC(=O)[C@@H]2CCCC[C@H]2C(=O)O)CC1. The summed E-state index contributed by atoms with van der Waals surface area (Å²) in [6.07, 6.45) is 3.00. The second kappa shape index (κ2) is 9.41. The molecule has 1 aliphatic carbocycles. The number of carbonyl (C=O) groups is 2. The van der Waals surface area contributed by atoms with Crippen LogP contribution in [0, 0.1) is 18.8 Å². The van der Waals surface area contributed by atoms with Gasteiger partial charge in [-0.05, 0) is 43.5 Å². The second-order valence-electron chi connectivity index (χ2n) is 8.60. The number of benzene rings is 2. The molecule has 1 saturated heterocycles. The number of rotatable bonds is 5. The molecule has 2 aliphatic rings. The van der Waals surface area contributed by atoms with Gasteiger partial charge in [-0.1, -0.05) is 43.2 Å². The minimum atomic E-state index is -0.861. The van der Waals surface area contributed by atoms with E-state index in [2.05, 4.69) is 46.3 Å². The fourth-order valence-corrected chi connectivity index (χ4v) is 4.93. The van der Waals surface area contributed by atoms with Crippen molar-refractivity contribution in [2.45, 2.75) is 32.6 Å². The third-order valence-corrected chi connectivity index (χ3v) is 6.66. The summed E-state index contributed by atoms with van der Waals surface area (Å²) in [5, 5.41) is 12.6. The molecule has 1 amide bonds. The van der Waals surface area contributed by atoms with Gasteiger partial charge >= 0.3 is 5.97 Å². The predicted molar refractivity (Wildman–Crippen MR) is 124 cm³/mol. The van der Waals surface area contributed by atoms with Gasteiger partial charge in [-0.2, -0.15) is 0 Å². The van der Waals surface area contributed by atoms with Crippen molar-refractivity contribution in [3.8, 4) is 0 Å². The molecule has 2 fully saturated rings. The zero-order valence-electron chi connectivity index (χ0n) is 18.1. The fourth-order valence-electron chi connectivity index (χ4n) is 4.93. The molecular formula is C25H31N3O3. The summed E-state index contributed by atoms with van der Waals surface area (Å²) < 4.78 is 0. The number of hydrogen-bond donors (Lipinski definition) is 2. The molecule has 6 heteroatoms. The Kier molecular flexibility index (Phi) is 6.44. The van der Waals surface area contributed by atoms with Crippen LogP contribution in [-0.2, 0) is 9.59 Å². The van der Waals surface area contributed by atoms with Gasteiger partial charge in [0.2, 0.25) is 5.91 Å². The molecule has 0 bridgehead atoms. The first-order valence-corrected chi connectivity index (χ1v) is 11.2. The van der Waals surface area contributed by atoms with E-state index in [-0.39, 0.29) is 5.91 Å². The maximum Gasteiger partial charge on any atom is 0.307 e. The first-order chi connectivity index (χ1) is 15.0. The van der Waals surface area contributed by atoms with E-state index in [9.17, 15) is 14.7 Å². The summed E-state index contributed by atoms with van der Waals surface area (Å²) in [5.41, 5.74) is 4.33. The van der Waals surface area contributed by atoms with Crippen molar-refractivity contribution >= 4 is 28.9 Å². The Morgan fingerprint density at radius 3 is 2.03 bits per heavy atom. The van der Waals surface area contributed by atoms with Crippen LogP contribution in [0.25, 0.3) is 0 Å². The molecule has 0 aromatic heterocycles. The van der Waals surface area contributed by atoms with E-state index in [1.807, 2.05) is 24.3 Å². The van der Waals surface area contributed by atoms with Crippen molar-refractivity contribution in [2.75, 3.05) is 41.3 Å². The number of nitrogens with one attached hydrogen (secondary N) is 1. The highest BCUT2D eigenvalue weighted by atomic mass is 16.4. The molecule has 2 aromatic rings. The van der Waals surface area contributed by atoms with Gasteiger partial charge in [0.15, 0.2) is 0 Å². The molecule has 0 spiro atoms. The van der Waals surface area contributed by atoms with E-state index in [4.69, 9.17) is 0 Å². The summed E-state index contributed by atoms with van der Waals surface area (Å²) in [6, 6.07) is 16.3. The van der Waals surface area contributed by atoms with Gasteiger partial charge in [0.25, 0.3) is 0 Å². The maximum absolute atomic E-state index is 13.0. The first kappa shape index (κ1) is 21.2. The molecular weight excluding hydrogens is 390 g/mol. The van der Waals surface area contributed by atoms with Gasteiger partial charge < -0.3 is 20.2 Å². The molecule has 1 saturated carbocycles. The van der Waals surface area contributed by atoms with E-state index < -0.39 is 17.8 Å². The summed E-state index contributed by atoms with van der Waals surface area (Å²) in [6.45, 7) is 5.70. The molecule has 0 radical (unpaired) electrons. The van der Waals surface area contributed by atoms with E-state index in [0.29, 0.717) is 12.8 Å². The Balaban J connectivity index is 1.45. The number of anilines is 3. The van der Waals surface area contributed by atoms with Gasteiger partial charge in [-0.15, -0.1) is 0 Å². The third kappa shape index (κ3) is 4.68. The van der Waals surface area contributed by atoms with Crippen LogP contribution in [-0.4, -0.2) is 43.2 Å². The summed E-state index contributed by atoms with van der Waals surface area (Å²) in [7, 11) is 0. The maximum atomic E-state index is 13.0. The van der Waals surface area contributed by atoms with Crippen LogP contribution in [0.3, 0.4) is 0 Å². The Labute approximate surface area is 183 Å². The smallest absolute Gasteiger partial charge is 0.307 e. The monoisotopic (exact) mass is 421 g/mol. The van der Waals surface area contributed by atoms with Gasteiger partial charge in [0.1, 0.15) is 0 Å². The predicted octanol–water partition coefficient (Wildman–Crippen LogP) is 4.15. The summed E-state index contributed by atoms with van der Waals surface area (Å²) in [5.74, 6) is -2.07. The Hall–Kier alpha value is -3.02. The minimum Gasteiger partial charge on any atom is -0.481 e. The topological polar surface area (TPSA) is 72.9 Å². The average molecular weight is 422 g/mol. The highest BCUT2D eigenvalue weighted by Gasteiger charge is 2.36. The molecule has 6 nitrogen and oxygen atoms in total. The van der Waals surface area contributed by atoms with Crippen molar-refractivity contribution in [1.82, 2.24) is 0 Å². The number of nitrogens with zero attached hydrogens (tertiary/aromatic N) is 2. The standard InChI is InChI=1S/C25H31N3O3/c1-18-8-2-6-12-22(18)27-14-16-28(17-15-27)23-13-7-5-11-21(23)26-24(29)19-9-3-4-10-20(19)25(30)31/h2,5-8,11-13,19-20H,3-4,9-10,14-17H2,1H3,(H,26,29)(H,30,31)/t19-,20-/m1/s1. The molecule has 0 unspecified atom stereocenters. The average Bonchev–Trinajstić information content (AvgIpc) is 2.80. The quantitative estimate of drug-likeness (QED) is 0.759. The summed E-state index contributed by atoms with van der Waals surface area (Å²) >= 11 is 0. The number of aryl methyl sites for hydroxylation is 1. The van der Waals surface area contributed by atoms with Crippen molar-refractivity contribution < 1.29 is 14.7 Å². The molecule has 31 heavy (non-hydrogen) atoms. The number of carbonyl (C=O) groups excluding carboxylic acids is 1. The lowest BCUT2D eigenvalue weighted by molar-refractivity contribution is -0.147. The Morgan fingerprint density at radius 2 is 1.39 bits per heavy atom. The van der Waals surface area contributed by atoms with Crippen LogP contribution in [0.2, 0.25) is 0 Å². The number of para-hydroxylation sites is 3. The number of piperazine rings is 1. The second-order valence-corrected chi connectivity index (χ2v) is 8.60. The van der Waals surface area contributed by atoms with Crippen molar-refractivity contribution in [1.29, 1.82) is 0 Å². The fraction of sp³-hybridized carbons (Fsp3) is 0.440. The van der Waals surface area contributed by atoms with Gasteiger partial charge in [0, 0.05) is 31.9 Å². The zero-order chi connectivity index (χ0) is 21.8. The lowest BCUT2D eigenvalue weighted by Crippen LogP contribution is -2.47. The third-order valence-electron chi connectivity index (χ3n) is 6.66. The zero-order valence-corrected chi connectivity index (χ0v) is 18.1. The van der Waals surface area contributed by atoms with Gasteiger partial charge in [0.05, 0.1) is 23.2 Å². The number of carboxylic acid groups (broad SMARTS) is 1. The van der Waals surface area contributed by atoms with Crippen LogP contribution < -0.4 is 15.1 Å². The normalized spacial score (nSPS) is 21.6. The van der Waals surface area contributed by atoms with Crippen LogP contribution in [0.1, 0.15) is 31.2 Å². The van der Waals surface area contributed by atoms with Crippen molar-refractivity contribution in [3.05, 3.63) is 54.1 Å². The van der Waals surface area contributed by atoms with Gasteiger partial charge in [-0.3, -0.25) is 9.59 Å². The molecule has 2 N–H and O–H groups in total. The molecule has 4 rings (SSSR count). The van der Waals surface area contributed by atoms with Crippen LogP contribution >= 0.6 is 0 Å². The van der Waals surface area contributed by atoms with Crippen LogP contribution in [0.15, 0.2) is 48.5 Å². The summed E-state index contributed by atoms with van der Waals surface area (Å²) in [4.78, 5) is 29.3.